The maximum absolute atomic E-state index is 14.6. The summed E-state index contributed by atoms with van der Waals surface area (Å²) in [5.41, 5.74) is 4.22. The van der Waals surface area contributed by atoms with E-state index in [1.165, 1.54) is 23.5 Å². The van der Waals surface area contributed by atoms with Gasteiger partial charge in [0.1, 0.15) is 11.6 Å². The minimum Gasteiger partial charge on any atom is -0.497 e. The summed E-state index contributed by atoms with van der Waals surface area (Å²) < 4.78 is 19.9. The lowest BCUT2D eigenvalue weighted by atomic mass is 9.78. The van der Waals surface area contributed by atoms with Crippen molar-refractivity contribution in [2.45, 2.75) is 24.8 Å². The van der Waals surface area contributed by atoms with Crippen LogP contribution in [0.1, 0.15) is 45.6 Å². The zero-order valence-corrected chi connectivity index (χ0v) is 21.5. The number of methoxy groups -OCH3 is 1. The van der Waals surface area contributed by atoms with Crippen molar-refractivity contribution >= 4 is 34.4 Å². The van der Waals surface area contributed by atoms with Crippen LogP contribution < -0.4 is 15.0 Å². The van der Waals surface area contributed by atoms with Crippen LogP contribution in [0.3, 0.4) is 0 Å². The second kappa shape index (κ2) is 9.91. The fourth-order valence-electron chi connectivity index (χ4n) is 5.44. The van der Waals surface area contributed by atoms with Gasteiger partial charge in [-0.2, -0.15) is 0 Å². The number of hydrogen-bond acceptors (Lipinski definition) is 5. The third-order valence-corrected chi connectivity index (χ3v) is 8.05. The summed E-state index contributed by atoms with van der Waals surface area (Å²) in [6.45, 7) is 0. The number of allylic oxidation sites excluding steroid dienone is 1. The van der Waals surface area contributed by atoms with Gasteiger partial charge in [-0.15, -0.1) is 11.3 Å². The van der Waals surface area contributed by atoms with E-state index in [1.807, 2.05) is 60.0 Å². The largest absolute Gasteiger partial charge is 0.497 e. The van der Waals surface area contributed by atoms with Crippen LogP contribution in [0.15, 0.2) is 102 Å². The number of ketones is 1. The summed E-state index contributed by atoms with van der Waals surface area (Å²) in [6, 6.07) is 24.3. The third-order valence-electron chi connectivity index (χ3n) is 7.19. The Labute approximate surface area is 224 Å². The van der Waals surface area contributed by atoms with Crippen LogP contribution in [0.4, 0.5) is 15.8 Å². The number of benzene rings is 3. The van der Waals surface area contributed by atoms with Crippen LogP contribution in [0.2, 0.25) is 0 Å². The Bertz CT molecular complexity index is 1550. The SMILES string of the molecule is COc1ccc([C@H]2CC(=O)C3=C(C2)Nc2ccccc2N(C(=O)c2cccs2)[C@H]3c2cccc(F)c2)cc1. The highest BCUT2D eigenvalue weighted by Crippen LogP contribution is 2.48. The number of amides is 1. The minimum absolute atomic E-state index is 0.0421. The van der Waals surface area contributed by atoms with E-state index >= 15 is 0 Å². The lowest BCUT2D eigenvalue weighted by Crippen LogP contribution is -2.38. The zero-order valence-electron chi connectivity index (χ0n) is 20.7. The van der Waals surface area contributed by atoms with Crippen LogP contribution >= 0.6 is 11.3 Å². The number of para-hydroxylation sites is 2. The van der Waals surface area contributed by atoms with Crippen molar-refractivity contribution in [3.63, 3.8) is 0 Å². The molecule has 5 nitrogen and oxygen atoms in total. The Morgan fingerprint density at radius 1 is 0.974 bits per heavy atom. The highest BCUT2D eigenvalue weighted by molar-refractivity contribution is 7.12. The highest BCUT2D eigenvalue weighted by atomic mass is 32.1. The molecule has 1 aromatic heterocycles. The fraction of sp³-hybridized carbons (Fsp3) is 0.161. The van der Waals surface area contributed by atoms with Gasteiger partial charge in [0.25, 0.3) is 5.91 Å². The fourth-order valence-corrected chi connectivity index (χ4v) is 6.10. The molecule has 1 N–H and O–H groups in total. The Hall–Kier alpha value is -4.23. The van der Waals surface area contributed by atoms with Crippen molar-refractivity contribution in [2.75, 3.05) is 17.3 Å². The Morgan fingerprint density at radius 2 is 1.79 bits per heavy atom. The number of fused-ring (bicyclic) bond motifs is 1. The molecule has 0 fully saturated rings. The number of halogens is 1. The second-order valence-electron chi connectivity index (χ2n) is 9.45. The van der Waals surface area contributed by atoms with E-state index in [-0.39, 0.29) is 24.0 Å². The van der Waals surface area contributed by atoms with Crippen molar-refractivity contribution in [1.29, 1.82) is 0 Å². The number of rotatable bonds is 4. The Morgan fingerprint density at radius 3 is 2.53 bits per heavy atom. The first-order valence-electron chi connectivity index (χ1n) is 12.4. The van der Waals surface area contributed by atoms with Crippen LogP contribution in [0.25, 0.3) is 0 Å². The number of carbonyl (C=O) groups excluding carboxylic acids is 2. The van der Waals surface area contributed by atoms with E-state index < -0.39 is 11.9 Å². The van der Waals surface area contributed by atoms with E-state index in [1.54, 1.807) is 30.2 Å². The molecule has 0 unspecified atom stereocenters. The van der Waals surface area contributed by atoms with E-state index in [4.69, 9.17) is 4.74 Å². The molecule has 38 heavy (non-hydrogen) atoms. The predicted octanol–water partition coefficient (Wildman–Crippen LogP) is 7.11. The van der Waals surface area contributed by atoms with Gasteiger partial charge in [-0.25, -0.2) is 4.39 Å². The first kappa shape index (κ1) is 24.1. The summed E-state index contributed by atoms with van der Waals surface area (Å²) in [7, 11) is 1.62. The minimum atomic E-state index is -0.782. The van der Waals surface area contributed by atoms with Crippen molar-refractivity contribution in [3.8, 4) is 5.75 Å². The van der Waals surface area contributed by atoms with Crippen molar-refractivity contribution in [2.24, 2.45) is 0 Å². The molecule has 1 amide bonds. The molecule has 0 radical (unpaired) electrons. The highest BCUT2D eigenvalue weighted by Gasteiger charge is 2.42. The molecule has 7 heteroatoms. The molecule has 190 valence electrons. The van der Waals surface area contributed by atoms with Crippen molar-refractivity contribution in [1.82, 2.24) is 0 Å². The maximum atomic E-state index is 14.6. The maximum Gasteiger partial charge on any atom is 0.269 e. The molecule has 0 saturated heterocycles. The molecule has 3 aromatic carbocycles. The zero-order chi connectivity index (χ0) is 26.2. The normalized spacial score (nSPS) is 18.8. The molecule has 0 saturated carbocycles. The first-order chi connectivity index (χ1) is 18.5. The van der Waals surface area contributed by atoms with Gasteiger partial charge in [0, 0.05) is 17.7 Å². The number of Topliss-reactive ketones (excluding diaryl/α,β-unsaturated/α-hetero) is 1. The van der Waals surface area contributed by atoms with Gasteiger partial charge in [-0.1, -0.05) is 42.5 Å². The molecule has 2 atom stereocenters. The monoisotopic (exact) mass is 524 g/mol. The van der Waals surface area contributed by atoms with Crippen LogP contribution in [-0.2, 0) is 4.79 Å². The molecule has 4 aromatic rings. The number of nitrogens with zero attached hydrogens (tertiary/aromatic N) is 1. The Kier molecular flexibility index (Phi) is 6.29. The number of hydrogen-bond donors (Lipinski definition) is 1. The summed E-state index contributed by atoms with van der Waals surface area (Å²) in [6.07, 6.45) is 0.866. The van der Waals surface area contributed by atoms with Gasteiger partial charge in [-0.3, -0.25) is 14.5 Å². The lowest BCUT2D eigenvalue weighted by molar-refractivity contribution is -0.116. The standard InChI is InChI=1S/C31H25FN2O3S/c1-37-23-13-11-19(12-14-23)21-17-25-29(27(35)18-21)30(20-6-4-7-22(32)16-20)34(31(36)28-10-5-15-38-28)26-9-3-2-8-24(26)33-25/h2-16,21,30,33H,17-18H2,1H3/t21-,30+/m1/s1. The molecule has 2 aliphatic rings. The first-order valence-corrected chi connectivity index (χ1v) is 13.3. The Balaban J connectivity index is 1.54. The van der Waals surface area contributed by atoms with Gasteiger partial charge in [0.15, 0.2) is 5.78 Å². The number of anilines is 2. The molecule has 1 aliphatic carbocycles. The quantitative estimate of drug-likeness (QED) is 0.309. The molecule has 1 aliphatic heterocycles. The molecule has 6 rings (SSSR count). The predicted molar refractivity (Wildman–Crippen MR) is 147 cm³/mol. The van der Waals surface area contributed by atoms with E-state index in [0.29, 0.717) is 28.1 Å². The molecule has 0 bridgehead atoms. The van der Waals surface area contributed by atoms with Crippen molar-refractivity contribution in [3.05, 3.63) is 123 Å². The lowest BCUT2D eigenvalue weighted by Gasteiger charge is -2.35. The number of nitrogens with one attached hydrogen (secondary N) is 1. The second-order valence-corrected chi connectivity index (χ2v) is 10.4. The van der Waals surface area contributed by atoms with E-state index in [2.05, 4.69) is 5.32 Å². The molecule has 2 heterocycles. The smallest absolute Gasteiger partial charge is 0.269 e. The van der Waals surface area contributed by atoms with Crippen LogP contribution in [0, 0.1) is 5.82 Å². The average molecular weight is 525 g/mol. The third kappa shape index (κ3) is 4.29. The summed E-state index contributed by atoms with van der Waals surface area (Å²) >= 11 is 1.34. The number of ether oxygens (including phenoxy) is 1. The van der Waals surface area contributed by atoms with Gasteiger partial charge in [0.2, 0.25) is 0 Å². The summed E-state index contributed by atoms with van der Waals surface area (Å²) in [4.78, 5) is 30.2. The number of thiophene rings is 1. The van der Waals surface area contributed by atoms with Gasteiger partial charge < -0.3 is 10.1 Å². The van der Waals surface area contributed by atoms with E-state index in [0.717, 1.165) is 22.7 Å². The topological polar surface area (TPSA) is 58.6 Å². The molecule has 0 spiro atoms. The van der Waals surface area contributed by atoms with Crippen molar-refractivity contribution < 1.29 is 18.7 Å². The number of carbonyl (C=O) groups is 2. The molecular formula is C31H25FN2O3S. The molecular weight excluding hydrogens is 499 g/mol. The average Bonchev–Trinajstić information content (AvgIpc) is 3.43. The van der Waals surface area contributed by atoms with Crippen LogP contribution in [0.5, 0.6) is 5.75 Å². The van der Waals surface area contributed by atoms with Gasteiger partial charge in [-0.05, 0) is 71.3 Å². The van der Waals surface area contributed by atoms with Gasteiger partial charge in [0.05, 0.1) is 29.4 Å². The summed E-state index contributed by atoms with van der Waals surface area (Å²) in [5, 5.41) is 5.36. The van der Waals surface area contributed by atoms with E-state index in [9.17, 15) is 14.0 Å². The van der Waals surface area contributed by atoms with Crippen LogP contribution in [-0.4, -0.2) is 18.8 Å². The summed E-state index contributed by atoms with van der Waals surface area (Å²) in [5.74, 6) is -0.00304. The van der Waals surface area contributed by atoms with Gasteiger partial charge >= 0.3 is 0 Å².